The number of nitrogen functional groups attached to an aromatic ring is 1. The largest absolute Gasteiger partial charge is 0.391 e. The first-order valence-corrected chi connectivity index (χ1v) is 6.39. The molecular formula is C13H18N6O. The van der Waals surface area contributed by atoms with Gasteiger partial charge in [-0.15, -0.1) is 0 Å². The zero-order valence-electron chi connectivity index (χ0n) is 11.1. The molecule has 0 aliphatic rings. The third kappa shape index (κ3) is 3.33. The van der Waals surface area contributed by atoms with E-state index >= 15 is 0 Å². The zero-order valence-corrected chi connectivity index (χ0v) is 11.1. The Bertz CT molecular complexity index is 597. The number of hydrogen-bond acceptors (Lipinski definition) is 6. The van der Waals surface area contributed by atoms with Crippen LogP contribution in [0.3, 0.4) is 0 Å². The van der Waals surface area contributed by atoms with Crippen LogP contribution in [0, 0.1) is 0 Å². The molecule has 20 heavy (non-hydrogen) atoms. The van der Waals surface area contributed by atoms with E-state index in [1.807, 2.05) is 17.0 Å². The maximum Gasteiger partial charge on any atom is 0.276 e. The van der Waals surface area contributed by atoms with Crippen molar-refractivity contribution in [2.24, 2.45) is 5.73 Å². The van der Waals surface area contributed by atoms with Crippen molar-refractivity contribution < 1.29 is 0 Å². The van der Waals surface area contributed by atoms with Crippen molar-refractivity contribution >= 4 is 11.5 Å². The molecular weight excluding hydrogens is 256 g/mol. The number of rotatable bonds is 6. The van der Waals surface area contributed by atoms with Gasteiger partial charge in [-0.1, -0.05) is 6.07 Å². The molecule has 0 saturated heterocycles. The van der Waals surface area contributed by atoms with E-state index in [0.717, 1.165) is 12.0 Å². The lowest BCUT2D eigenvalue weighted by Crippen LogP contribution is -2.29. The highest BCUT2D eigenvalue weighted by Crippen LogP contribution is 2.18. The van der Waals surface area contributed by atoms with Crippen molar-refractivity contribution in [1.82, 2.24) is 15.0 Å². The quantitative estimate of drug-likeness (QED) is 0.688. The summed E-state index contributed by atoms with van der Waals surface area (Å²) in [5.41, 5.74) is 12.2. The lowest BCUT2D eigenvalue weighted by Gasteiger charge is -2.24. The minimum Gasteiger partial charge on any atom is -0.391 e. The maximum absolute atomic E-state index is 11.6. The van der Waals surface area contributed by atoms with Gasteiger partial charge >= 0.3 is 0 Å². The molecule has 2 rings (SSSR count). The van der Waals surface area contributed by atoms with E-state index in [1.54, 1.807) is 12.4 Å². The first kappa shape index (κ1) is 14.0. The molecule has 0 fully saturated rings. The van der Waals surface area contributed by atoms with Gasteiger partial charge in [0.05, 0.1) is 6.33 Å². The molecule has 0 aliphatic heterocycles. The van der Waals surface area contributed by atoms with Crippen LogP contribution in [0.15, 0.2) is 35.6 Å². The molecule has 0 bridgehead atoms. The average Bonchev–Trinajstić information content (AvgIpc) is 2.48. The smallest absolute Gasteiger partial charge is 0.276 e. The Hall–Kier alpha value is -2.41. The first-order chi connectivity index (χ1) is 9.72. The van der Waals surface area contributed by atoms with E-state index in [-0.39, 0.29) is 11.2 Å². The normalized spacial score (nSPS) is 10.4. The van der Waals surface area contributed by atoms with Gasteiger partial charge in [0, 0.05) is 25.5 Å². The Morgan fingerprint density at radius 2 is 2.25 bits per heavy atom. The van der Waals surface area contributed by atoms with Gasteiger partial charge in [-0.2, -0.15) is 0 Å². The van der Waals surface area contributed by atoms with Crippen LogP contribution in [0.4, 0.5) is 11.5 Å². The summed E-state index contributed by atoms with van der Waals surface area (Å²) in [5.74, 6) is 0.478. The van der Waals surface area contributed by atoms with Gasteiger partial charge in [-0.25, -0.2) is 4.98 Å². The molecule has 0 spiro atoms. The van der Waals surface area contributed by atoms with Crippen LogP contribution in [0.5, 0.6) is 0 Å². The summed E-state index contributed by atoms with van der Waals surface area (Å²) >= 11 is 0. The molecule has 0 atom stereocenters. The SMILES string of the molecule is NCCCN(Cc1cccnc1)c1nc[nH]c(=O)c1N. The number of nitrogens with one attached hydrogen (secondary N) is 1. The number of aromatic nitrogens is 3. The topological polar surface area (TPSA) is 114 Å². The molecule has 0 aromatic carbocycles. The zero-order chi connectivity index (χ0) is 14.4. The summed E-state index contributed by atoms with van der Waals surface area (Å²) in [4.78, 5) is 24.2. The standard InChI is InChI=1S/C13H18N6O/c14-4-2-6-19(8-10-3-1-5-16-7-10)12-11(15)13(20)18-9-17-12/h1,3,5,7,9H,2,4,6,8,14-15H2,(H,17,18,20). The van der Waals surface area contributed by atoms with E-state index in [4.69, 9.17) is 11.5 Å². The van der Waals surface area contributed by atoms with Crippen molar-refractivity contribution in [2.45, 2.75) is 13.0 Å². The van der Waals surface area contributed by atoms with Crippen molar-refractivity contribution in [3.63, 3.8) is 0 Å². The van der Waals surface area contributed by atoms with Crippen molar-refractivity contribution in [2.75, 3.05) is 23.7 Å². The number of aromatic amines is 1. The fourth-order valence-electron chi connectivity index (χ4n) is 1.91. The fourth-order valence-corrected chi connectivity index (χ4v) is 1.91. The molecule has 7 heteroatoms. The number of nitrogens with zero attached hydrogens (tertiary/aromatic N) is 3. The van der Waals surface area contributed by atoms with Gasteiger partial charge in [-0.05, 0) is 24.6 Å². The highest BCUT2D eigenvalue weighted by molar-refractivity contribution is 5.60. The van der Waals surface area contributed by atoms with Gasteiger partial charge in [0.15, 0.2) is 5.82 Å². The monoisotopic (exact) mass is 274 g/mol. The van der Waals surface area contributed by atoms with Gasteiger partial charge in [0.1, 0.15) is 5.69 Å². The molecule has 2 heterocycles. The number of pyridine rings is 1. The first-order valence-electron chi connectivity index (χ1n) is 6.39. The average molecular weight is 274 g/mol. The van der Waals surface area contributed by atoms with E-state index in [9.17, 15) is 4.79 Å². The molecule has 5 N–H and O–H groups in total. The van der Waals surface area contributed by atoms with E-state index in [1.165, 1.54) is 6.33 Å². The molecule has 7 nitrogen and oxygen atoms in total. The van der Waals surface area contributed by atoms with Gasteiger partial charge in [0.2, 0.25) is 0 Å². The Morgan fingerprint density at radius 1 is 1.40 bits per heavy atom. The molecule has 0 unspecified atom stereocenters. The third-order valence-corrected chi connectivity index (χ3v) is 2.90. The van der Waals surface area contributed by atoms with Gasteiger partial charge in [0.25, 0.3) is 5.56 Å². The number of nitrogens with two attached hydrogens (primary N) is 2. The molecule has 0 saturated carbocycles. The second-order valence-electron chi connectivity index (χ2n) is 4.39. The lowest BCUT2D eigenvalue weighted by molar-refractivity contribution is 0.723. The summed E-state index contributed by atoms with van der Waals surface area (Å²) in [7, 11) is 0. The summed E-state index contributed by atoms with van der Waals surface area (Å²) in [6, 6.07) is 3.83. The minimum absolute atomic E-state index is 0.119. The summed E-state index contributed by atoms with van der Waals surface area (Å²) in [6.07, 6.45) is 5.63. The van der Waals surface area contributed by atoms with Crippen LogP contribution in [0.1, 0.15) is 12.0 Å². The molecule has 106 valence electrons. The Labute approximate surface area is 116 Å². The predicted octanol–water partition coefficient (Wildman–Crippen LogP) is 0.102. The van der Waals surface area contributed by atoms with Crippen LogP contribution >= 0.6 is 0 Å². The third-order valence-electron chi connectivity index (χ3n) is 2.90. The maximum atomic E-state index is 11.6. The lowest BCUT2D eigenvalue weighted by atomic mass is 10.2. The van der Waals surface area contributed by atoms with Crippen LogP contribution in [0.2, 0.25) is 0 Å². The van der Waals surface area contributed by atoms with E-state index in [0.29, 0.717) is 25.5 Å². The van der Waals surface area contributed by atoms with E-state index < -0.39 is 0 Å². The van der Waals surface area contributed by atoms with Gasteiger partial charge in [-0.3, -0.25) is 9.78 Å². The summed E-state index contributed by atoms with van der Waals surface area (Å²) < 4.78 is 0. The van der Waals surface area contributed by atoms with Crippen LogP contribution in [-0.2, 0) is 6.54 Å². The number of hydrogen-bond donors (Lipinski definition) is 3. The fraction of sp³-hybridized carbons (Fsp3) is 0.308. The highest BCUT2D eigenvalue weighted by atomic mass is 16.1. The van der Waals surface area contributed by atoms with Crippen LogP contribution in [-0.4, -0.2) is 28.0 Å². The van der Waals surface area contributed by atoms with Crippen molar-refractivity contribution in [3.05, 3.63) is 46.8 Å². The molecule has 0 radical (unpaired) electrons. The van der Waals surface area contributed by atoms with Crippen LogP contribution in [0.25, 0.3) is 0 Å². The highest BCUT2D eigenvalue weighted by Gasteiger charge is 2.13. The van der Waals surface area contributed by atoms with E-state index in [2.05, 4.69) is 15.0 Å². The molecule has 2 aromatic heterocycles. The van der Waals surface area contributed by atoms with Crippen LogP contribution < -0.4 is 21.9 Å². The molecule has 0 aliphatic carbocycles. The summed E-state index contributed by atoms with van der Waals surface area (Å²) in [6.45, 7) is 1.81. The second-order valence-corrected chi connectivity index (χ2v) is 4.39. The number of anilines is 2. The van der Waals surface area contributed by atoms with Crippen molar-refractivity contribution in [1.29, 1.82) is 0 Å². The second kappa shape index (κ2) is 6.67. The van der Waals surface area contributed by atoms with Crippen molar-refractivity contribution in [3.8, 4) is 0 Å². The summed E-state index contributed by atoms with van der Waals surface area (Å²) in [5, 5.41) is 0. The van der Waals surface area contributed by atoms with Gasteiger partial charge < -0.3 is 21.4 Å². The molecule has 0 amide bonds. The number of H-pyrrole nitrogens is 1. The molecule has 2 aromatic rings. The minimum atomic E-state index is -0.334. The predicted molar refractivity (Wildman–Crippen MR) is 78.2 cm³/mol. The Balaban J connectivity index is 2.27. The Kier molecular flexibility index (Phi) is 4.67. The Morgan fingerprint density at radius 3 is 2.95 bits per heavy atom.